The summed E-state index contributed by atoms with van der Waals surface area (Å²) in [5.41, 5.74) is 0. The van der Waals surface area contributed by atoms with Crippen LogP contribution in [0.2, 0.25) is 0 Å². The monoisotopic (exact) mass is 721 g/mol. The Bertz CT molecular complexity index is 1350. The zero-order valence-corrected chi connectivity index (χ0v) is 29.3. The topological polar surface area (TPSA) is 75.3 Å². The van der Waals surface area contributed by atoms with E-state index in [1.807, 2.05) is 0 Å². The van der Waals surface area contributed by atoms with Crippen LogP contribution < -0.4 is 38.2 Å². The molecular formula is C38H45BrNO6P. The van der Waals surface area contributed by atoms with E-state index in [-0.39, 0.29) is 29.2 Å². The molecule has 0 radical (unpaired) electrons. The molecule has 0 aromatic heterocycles. The van der Waals surface area contributed by atoms with E-state index >= 15 is 0 Å². The molecule has 5 saturated carbocycles. The van der Waals surface area contributed by atoms with Gasteiger partial charge in [0.05, 0.1) is 6.16 Å². The predicted octanol–water partition coefficient (Wildman–Crippen LogP) is 3.80. The minimum Gasteiger partial charge on any atom is -1.00 e. The largest absolute Gasteiger partial charge is 1.00 e. The van der Waals surface area contributed by atoms with E-state index in [1.54, 1.807) is 0 Å². The van der Waals surface area contributed by atoms with Gasteiger partial charge in [-0.05, 0) is 99.6 Å². The van der Waals surface area contributed by atoms with Crippen molar-refractivity contribution in [3.63, 3.8) is 0 Å². The van der Waals surface area contributed by atoms with Crippen molar-refractivity contribution in [2.75, 3.05) is 12.7 Å². The third-order valence-electron chi connectivity index (χ3n) is 11.4. The predicted molar refractivity (Wildman–Crippen MR) is 178 cm³/mol. The summed E-state index contributed by atoms with van der Waals surface area (Å²) in [4.78, 5) is 37.4. The van der Waals surface area contributed by atoms with Gasteiger partial charge in [-0.2, -0.15) is 19.6 Å². The molecule has 2 spiro atoms. The molecule has 1 aliphatic heterocycles. The summed E-state index contributed by atoms with van der Waals surface area (Å²) in [6.07, 6.45) is 9.53. The molecule has 3 aromatic rings. The van der Waals surface area contributed by atoms with Gasteiger partial charge in [-0.15, -0.1) is 0 Å². The molecule has 9 rings (SSSR count). The van der Waals surface area contributed by atoms with Crippen molar-refractivity contribution in [1.82, 2.24) is 5.32 Å². The molecule has 0 atom stereocenters. The first-order valence-electron chi connectivity index (χ1n) is 17.3. The first-order valence-corrected chi connectivity index (χ1v) is 19.3. The van der Waals surface area contributed by atoms with Crippen molar-refractivity contribution in [1.29, 1.82) is 0 Å². The Hall–Kier alpha value is -2.32. The summed E-state index contributed by atoms with van der Waals surface area (Å²) >= 11 is 0. The lowest BCUT2D eigenvalue weighted by molar-refractivity contribution is -0.680. The van der Waals surface area contributed by atoms with Crippen molar-refractivity contribution >= 4 is 29.3 Å². The van der Waals surface area contributed by atoms with Gasteiger partial charge in [0.2, 0.25) is 11.6 Å². The molecule has 6 fully saturated rings. The minimum absolute atomic E-state index is 0. The van der Waals surface area contributed by atoms with E-state index in [2.05, 4.69) is 96.3 Å². The number of carbonyl (C=O) groups excluding carboxylic acids is 1. The highest BCUT2D eigenvalue weighted by Gasteiger charge is 2.64. The van der Waals surface area contributed by atoms with Crippen molar-refractivity contribution in [2.45, 2.75) is 81.9 Å². The summed E-state index contributed by atoms with van der Waals surface area (Å²) in [5, 5.41) is 7.08. The molecule has 1 heterocycles. The minimum atomic E-state index is -1.93. The van der Waals surface area contributed by atoms with E-state index in [1.165, 1.54) is 22.3 Å². The maximum absolute atomic E-state index is 12.9. The van der Waals surface area contributed by atoms with Gasteiger partial charge in [0.1, 0.15) is 29.3 Å². The molecule has 6 aliphatic rings. The quantitative estimate of drug-likeness (QED) is 0.217. The summed E-state index contributed by atoms with van der Waals surface area (Å²) < 4.78 is 5.86. The second-order valence-electron chi connectivity index (χ2n) is 14.2. The molecule has 47 heavy (non-hydrogen) atoms. The molecular weight excluding hydrogens is 677 g/mol. The lowest BCUT2D eigenvalue weighted by Crippen LogP contribution is -3.00. The third kappa shape index (κ3) is 6.31. The smallest absolute Gasteiger partial charge is 0.407 e. The molecule has 5 aliphatic carbocycles. The average Bonchev–Trinajstić information content (AvgIpc) is 3.10. The third-order valence-corrected chi connectivity index (χ3v) is 15.9. The zero-order chi connectivity index (χ0) is 31.0. The van der Waals surface area contributed by atoms with Gasteiger partial charge in [0.15, 0.2) is 0 Å². The molecule has 0 unspecified atom stereocenters. The van der Waals surface area contributed by atoms with Gasteiger partial charge in [0, 0.05) is 31.2 Å². The highest BCUT2D eigenvalue weighted by molar-refractivity contribution is 7.95. The summed E-state index contributed by atoms with van der Waals surface area (Å²) in [7, 11) is -1.93. The van der Waals surface area contributed by atoms with E-state index in [9.17, 15) is 4.79 Å². The van der Waals surface area contributed by atoms with E-state index in [0.717, 1.165) is 50.1 Å². The van der Waals surface area contributed by atoms with Gasteiger partial charge >= 0.3 is 6.09 Å². The number of rotatable bonds is 8. The Balaban J connectivity index is 0.00000351. The fourth-order valence-electron chi connectivity index (χ4n) is 9.32. The summed E-state index contributed by atoms with van der Waals surface area (Å²) in [5.74, 6) is 0.643. The van der Waals surface area contributed by atoms with Crippen LogP contribution in [-0.2, 0) is 24.3 Å². The van der Waals surface area contributed by atoms with Crippen LogP contribution in [0.1, 0.15) is 64.2 Å². The molecule has 7 nitrogen and oxygen atoms in total. The fourth-order valence-corrected chi connectivity index (χ4v) is 13.7. The first-order chi connectivity index (χ1) is 22.6. The molecule has 9 heteroatoms. The SMILES string of the molecule is O=C(NCCC[P+](c1ccccc1)(c1ccccc1)c1ccccc1)OC1CCC2(CC1)OOC1(OO2)[C@H]2C[C@@H]3C[C@@H](C[C@H]1C3)C2.[Br-]. The van der Waals surface area contributed by atoms with Crippen LogP contribution in [0, 0.1) is 23.7 Å². The average molecular weight is 723 g/mol. The van der Waals surface area contributed by atoms with Crippen LogP contribution in [0.5, 0.6) is 0 Å². The number of halogens is 1. The van der Waals surface area contributed by atoms with Crippen molar-refractivity contribution in [2.24, 2.45) is 23.7 Å². The van der Waals surface area contributed by atoms with Crippen molar-refractivity contribution in [3.05, 3.63) is 91.0 Å². The Kier molecular flexibility index (Phi) is 9.81. The van der Waals surface area contributed by atoms with Gasteiger partial charge < -0.3 is 27.0 Å². The van der Waals surface area contributed by atoms with E-state index in [4.69, 9.17) is 24.3 Å². The van der Waals surface area contributed by atoms with Crippen molar-refractivity contribution < 1.29 is 46.1 Å². The Morgan fingerprint density at radius 2 is 1.17 bits per heavy atom. The highest BCUT2D eigenvalue weighted by atomic mass is 79.9. The molecule has 250 valence electrons. The van der Waals surface area contributed by atoms with Crippen LogP contribution in [-0.4, -0.2) is 36.5 Å². The number of nitrogens with one attached hydrogen (secondary N) is 1. The van der Waals surface area contributed by atoms with Gasteiger partial charge in [-0.25, -0.2) is 4.79 Å². The normalized spacial score (nSPS) is 32.6. The summed E-state index contributed by atoms with van der Waals surface area (Å²) in [6, 6.07) is 32.5. The second kappa shape index (κ2) is 13.9. The fraction of sp³-hybridized carbons (Fsp3) is 0.500. The molecule has 1 N–H and O–H groups in total. The number of benzene rings is 3. The first kappa shape index (κ1) is 33.2. The van der Waals surface area contributed by atoms with E-state index in [0.29, 0.717) is 44.1 Å². The van der Waals surface area contributed by atoms with Crippen molar-refractivity contribution in [3.8, 4) is 0 Å². The number of hydrogen-bond donors (Lipinski definition) is 1. The number of amides is 1. The van der Waals surface area contributed by atoms with E-state index < -0.39 is 18.8 Å². The maximum atomic E-state index is 12.9. The molecule has 1 saturated heterocycles. The summed E-state index contributed by atoms with van der Waals surface area (Å²) in [6.45, 7) is 0.545. The number of alkyl carbamates (subject to hydrolysis) is 1. The Labute approximate surface area is 289 Å². The second-order valence-corrected chi connectivity index (χ2v) is 17.8. The lowest BCUT2D eigenvalue weighted by Gasteiger charge is -2.60. The Morgan fingerprint density at radius 3 is 1.64 bits per heavy atom. The maximum Gasteiger partial charge on any atom is 0.407 e. The number of carbonyl (C=O) groups is 1. The highest BCUT2D eigenvalue weighted by Crippen LogP contribution is 2.62. The van der Waals surface area contributed by atoms with Crippen LogP contribution in [0.4, 0.5) is 4.79 Å². The van der Waals surface area contributed by atoms with Crippen LogP contribution in [0.15, 0.2) is 91.0 Å². The lowest BCUT2D eigenvalue weighted by atomic mass is 9.53. The number of hydrogen-bond acceptors (Lipinski definition) is 6. The van der Waals surface area contributed by atoms with Gasteiger partial charge in [-0.1, -0.05) is 54.6 Å². The van der Waals surface area contributed by atoms with Crippen LogP contribution >= 0.6 is 7.26 Å². The Morgan fingerprint density at radius 1 is 0.702 bits per heavy atom. The number of ether oxygens (including phenoxy) is 1. The zero-order valence-electron chi connectivity index (χ0n) is 26.8. The van der Waals surface area contributed by atoms with Gasteiger partial charge in [-0.3, -0.25) is 0 Å². The standard InChI is InChI=1S/C38H44NO6P.BrH/c40-36(39-21-10-22-46(33-11-4-1-5-12-33,34-13-6-2-7-14-34)35-15-8-3-9-16-35)41-32-17-19-37(20-18-32)42-44-38(45-43-37)30-24-28-23-29(26-30)27-31(38)25-28;/h1-9,11-16,28-32H,10,17-27H2;1H/t28-,29+,30-,31+,32?,37?,38?;. The molecule has 1 amide bonds. The van der Waals surface area contributed by atoms with Crippen LogP contribution in [0.25, 0.3) is 0 Å². The molecule has 3 aromatic carbocycles. The molecule has 4 bridgehead atoms. The van der Waals surface area contributed by atoms with Crippen LogP contribution in [0.3, 0.4) is 0 Å². The van der Waals surface area contributed by atoms with Gasteiger partial charge in [0.25, 0.3) is 0 Å².